The van der Waals surface area contributed by atoms with Gasteiger partial charge in [-0.25, -0.2) is 0 Å². The summed E-state index contributed by atoms with van der Waals surface area (Å²) < 4.78 is 23.2. The topological polar surface area (TPSA) is 77.4 Å². The van der Waals surface area contributed by atoms with E-state index < -0.39 is 17.1 Å². The lowest BCUT2D eigenvalue weighted by atomic mass is 9.43. The maximum Gasteiger partial charge on any atom is 0.199 e. The average molecular weight is 477 g/mol. The van der Waals surface area contributed by atoms with E-state index in [1.165, 1.54) is 0 Å². The van der Waals surface area contributed by atoms with Crippen molar-refractivity contribution in [2.45, 2.75) is 97.1 Å². The zero-order valence-corrected chi connectivity index (χ0v) is 21.9. The van der Waals surface area contributed by atoms with Crippen LogP contribution in [-0.4, -0.2) is 42.9 Å². The number of methoxy groups -OCH3 is 2. The minimum absolute atomic E-state index is 0.0653. The lowest BCUT2D eigenvalue weighted by molar-refractivity contribution is -0.253. The molecule has 1 aromatic carbocycles. The Morgan fingerprint density at radius 1 is 0.941 bits per heavy atom. The Morgan fingerprint density at radius 3 is 2.29 bits per heavy atom. The second-order valence-corrected chi connectivity index (χ2v) is 11.7. The summed E-state index contributed by atoms with van der Waals surface area (Å²) in [5, 5.41) is 24.6. The maximum atomic E-state index is 12.6. The molecule has 2 unspecified atom stereocenters. The van der Waals surface area contributed by atoms with E-state index in [-0.39, 0.29) is 17.6 Å². The third-order valence-corrected chi connectivity index (χ3v) is 9.41. The van der Waals surface area contributed by atoms with Crippen LogP contribution >= 0.6 is 0 Å². The monoisotopic (exact) mass is 476 g/mol. The number of aliphatic hydroxyl groups excluding tert-OH is 1. The molecule has 6 atom stereocenters. The van der Waals surface area contributed by atoms with E-state index in [2.05, 4.69) is 27.7 Å². The van der Waals surface area contributed by atoms with E-state index in [9.17, 15) is 10.2 Å². The van der Waals surface area contributed by atoms with Gasteiger partial charge in [0.2, 0.25) is 0 Å². The summed E-state index contributed by atoms with van der Waals surface area (Å²) in [6.07, 6.45) is 6.38. The smallest absolute Gasteiger partial charge is 0.199 e. The van der Waals surface area contributed by atoms with Gasteiger partial charge in [0.25, 0.3) is 0 Å². The second kappa shape index (κ2) is 9.51. The molecule has 1 saturated heterocycles. The molecule has 2 N–H and O–H groups in total. The van der Waals surface area contributed by atoms with Crippen LogP contribution in [-0.2, 0) is 4.74 Å². The summed E-state index contributed by atoms with van der Waals surface area (Å²) in [5.41, 5.74) is -1.07. The zero-order chi connectivity index (χ0) is 24.7. The van der Waals surface area contributed by atoms with Crippen LogP contribution in [0.15, 0.2) is 12.1 Å². The van der Waals surface area contributed by atoms with Crippen LogP contribution in [0.5, 0.6) is 17.2 Å². The van der Waals surface area contributed by atoms with E-state index >= 15 is 0 Å². The van der Waals surface area contributed by atoms with Crippen LogP contribution in [0, 0.1) is 22.7 Å². The van der Waals surface area contributed by atoms with Crippen molar-refractivity contribution in [3.8, 4) is 17.2 Å². The van der Waals surface area contributed by atoms with Crippen LogP contribution in [0.1, 0.15) is 90.7 Å². The number of hydrogen-bond donors (Lipinski definition) is 2. The molecule has 4 rings (SSSR count). The number of benzene rings is 1. The fourth-order valence-corrected chi connectivity index (χ4v) is 7.47. The SMILES string of the molecule is COc1cc(OC2CCCCO2)c(C(O)[C@]2(O)[C@H](C)CC[C@H]3C(C)(C)CCC[C@@]32C)cc1OC. The van der Waals surface area contributed by atoms with Gasteiger partial charge in [0, 0.05) is 23.5 Å². The molecule has 3 aliphatic rings. The van der Waals surface area contributed by atoms with Gasteiger partial charge < -0.3 is 29.2 Å². The molecule has 0 amide bonds. The summed E-state index contributed by atoms with van der Waals surface area (Å²) in [5.74, 6) is 1.78. The van der Waals surface area contributed by atoms with Gasteiger partial charge in [0.15, 0.2) is 17.8 Å². The molecule has 0 radical (unpaired) electrons. The van der Waals surface area contributed by atoms with Crippen molar-refractivity contribution in [1.82, 2.24) is 0 Å². The number of aliphatic hydroxyl groups is 2. The van der Waals surface area contributed by atoms with Crippen molar-refractivity contribution >= 4 is 0 Å². The highest BCUT2D eigenvalue weighted by molar-refractivity contribution is 5.52. The van der Waals surface area contributed by atoms with Crippen LogP contribution in [0.2, 0.25) is 0 Å². The lowest BCUT2D eigenvalue weighted by Crippen LogP contribution is -2.64. The summed E-state index contributed by atoms with van der Waals surface area (Å²) >= 11 is 0. The predicted octanol–water partition coefficient (Wildman–Crippen LogP) is 5.64. The van der Waals surface area contributed by atoms with Crippen molar-refractivity contribution in [3.63, 3.8) is 0 Å². The molecule has 1 heterocycles. The molecule has 2 aliphatic carbocycles. The highest BCUT2D eigenvalue weighted by atomic mass is 16.7. The molecule has 0 aromatic heterocycles. The first-order valence-electron chi connectivity index (χ1n) is 13.0. The number of fused-ring (bicyclic) bond motifs is 1. The molecule has 6 nitrogen and oxygen atoms in total. The standard InChI is InChI=1S/C28H44O6/c1-18-11-12-23-26(2,3)13-9-14-27(23,4)28(18,30)25(29)19-16-21(31-5)22(32-6)17-20(19)34-24-10-7-8-15-33-24/h16-18,23-25,29-30H,7-15H2,1-6H3/t18-,23+,24?,25?,27+,28-/m1/s1. The first-order chi connectivity index (χ1) is 16.1. The van der Waals surface area contributed by atoms with Crippen molar-refractivity contribution in [3.05, 3.63) is 17.7 Å². The first-order valence-corrected chi connectivity index (χ1v) is 13.0. The fraction of sp³-hybridized carbons (Fsp3) is 0.786. The van der Waals surface area contributed by atoms with E-state index in [0.717, 1.165) is 51.4 Å². The fourth-order valence-electron chi connectivity index (χ4n) is 7.47. The van der Waals surface area contributed by atoms with Gasteiger partial charge in [-0.3, -0.25) is 0 Å². The normalized spacial score (nSPS) is 36.3. The Hall–Kier alpha value is -1.50. The van der Waals surface area contributed by atoms with Crippen molar-refractivity contribution in [2.24, 2.45) is 22.7 Å². The quantitative estimate of drug-likeness (QED) is 0.554. The van der Waals surface area contributed by atoms with Crippen molar-refractivity contribution in [2.75, 3.05) is 20.8 Å². The Labute approximate surface area is 204 Å². The third-order valence-electron chi connectivity index (χ3n) is 9.41. The Balaban J connectivity index is 1.80. The zero-order valence-electron chi connectivity index (χ0n) is 21.9. The van der Waals surface area contributed by atoms with Gasteiger partial charge in [-0.15, -0.1) is 0 Å². The van der Waals surface area contributed by atoms with Crippen LogP contribution in [0.3, 0.4) is 0 Å². The first kappa shape index (κ1) is 25.6. The van der Waals surface area contributed by atoms with Crippen LogP contribution in [0.25, 0.3) is 0 Å². The van der Waals surface area contributed by atoms with Crippen molar-refractivity contribution in [1.29, 1.82) is 0 Å². The molecule has 0 spiro atoms. The second-order valence-electron chi connectivity index (χ2n) is 11.7. The van der Waals surface area contributed by atoms with Gasteiger partial charge in [-0.05, 0) is 61.8 Å². The molecule has 34 heavy (non-hydrogen) atoms. The molecule has 1 aromatic rings. The Morgan fingerprint density at radius 2 is 1.65 bits per heavy atom. The van der Waals surface area contributed by atoms with E-state index in [1.54, 1.807) is 26.4 Å². The average Bonchev–Trinajstić information content (AvgIpc) is 2.81. The lowest BCUT2D eigenvalue weighted by Gasteiger charge is -2.64. The summed E-state index contributed by atoms with van der Waals surface area (Å²) in [7, 11) is 3.17. The number of hydrogen-bond acceptors (Lipinski definition) is 6. The molecule has 6 heteroatoms. The highest BCUT2D eigenvalue weighted by Crippen LogP contribution is 2.65. The Bertz CT molecular complexity index is 863. The van der Waals surface area contributed by atoms with Gasteiger partial charge in [-0.2, -0.15) is 0 Å². The number of rotatable bonds is 6. The minimum Gasteiger partial charge on any atom is -0.493 e. The molecule has 2 saturated carbocycles. The van der Waals surface area contributed by atoms with Gasteiger partial charge >= 0.3 is 0 Å². The molecule has 192 valence electrons. The maximum absolute atomic E-state index is 12.6. The largest absolute Gasteiger partial charge is 0.493 e. The summed E-state index contributed by atoms with van der Waals surface area (Å²) in [6, 6.07) is 3.53. The predicted molar refractivity (Wildman–Crippen MR) is 131 cm³/mol. The third kappa shape index (κ3) is 4.10. The summed E-state index contributed by atoms with van der Waals surface area (Å²) in [4.78, 5) is 0. The van der Waals surface area contributed by atoms with Gasteiger partial charge in [0.05, 0.1) is 20.8 Å². The van der Waals surface area contributed by atoms with Gasteiger partial charge in [-0.1, -0.05) is 34.1 Å². The molecule has 1 aliphatic heterocycles. The van der Waals surface area contributed by atoms with Crippen LogP contribution < -0.4 is 14.2 Å². The summed E-state index contributed by atoms with van der Waals surface area (Å²) in [6.45, 7) is 9.58. The molecule has 0 bridgehead atoms. The van der Waals surface area contributed by atoms with E-state index in [1.807, 2.05) is 0 Å². The highest BCUT2D eigenvalue weighted by Gasteiger charge is 2.64. The molecule has 3 fully saturated rings. The minimum atomic E-state index is -1.31. The van der Waals surface area contributed by atoms with Crippen LogP contribution in [0.4, 0.5) is 0 Å². The van der Waals surface area contributed by atoms with E-state index in [0.29, 0.717) is 35.3 Å². The molecular formula is C28H44O6. The van der Waals surface area contributed by atoms with Crippen molar-refractivity contribution < 1.29 is 29.2 Å². The number of ether oxygens (including phenoxy) is 4. The Kier molecular flexibility index (Phi) is 7.16. The van der Waals surface area contributed by atoms with E-state index in [4.69, 9.17) is 18.9 Å². The molecular weight excluding hydrogens is 432 g/mol. The van der Waals surface area contributed by atoms with Gasteiger partial charge in [0.1, 0.15) is 17.5 Å².